The van der Waals surface area contributed by atoms with E-state index in [4.69, 9.17) is 15.2 Å². The van der Waals surface area contributed by atoms with Crippen LogP contribution in [0.3, 0.4) is 0 Å². The van der Waals surface area contributed by atoms with Crippen LogP contribution in [0.25, 0.3) is 11.1 Å². The van der Waals surface area contributed by atoms with E-state index in [0.717, 1.165) is 11.1 Å². The number of halogens is 2. The molecule has 2 aromatic heterocycles. The zero-order valence-electron chi connectivity index (χ0n) is 35.1. The average Bonchev–Trinajstić information content (AvgIpc) is 3.53. The molecule has 7 amide bonds. The van der Waals surface area contributed by atoms with Crippen LogP contribution in [-0.2, 0) is 39.5 Å². The molecule has 338 valence electrons. The van der Waals surface area contributed by atoms with E-state index in [1.807, 2.05) is 0 Å². The number of pyridine rings is 2. The number of aromatic nitrogens is 2. The Hall–Kier alpha value is -6.51. The maximum Gasteiger partial charge on any atom is 0.312 e. The van der Waals surface area contributed by atoms with Crippen LogP contribution in [0.2, 0.25) is 0 Å². The van der Waals surface area contributed by atoms with Gasteiger partial charge in [0.15, 0.2) is 0 Å². The minimum Gasteiger partial charge on any atom is -0.493 e. The van der Waals surface area contributed by atoms with E-state index < -0.39 is 63.1 Å². The topological polar surface area (TPSA) is 253 Å². The Morgan fingerprint density at radius 3 is 2.43 bits per heavy atom. The Balaban J connectivity index is 1.29. The molecule has 5 rings (SSSR count). The van der Waals surface area contributed by atoms with Crippen molar-refractivity contribution < 1.29 is 51.2 Å². The van der Waals surface area contributed by atoms with E-state index in [1.54, 1.807) is 13.8 Å². The molecule has 18 nitrogen and oxygen atoms in total. The van der Waals surface area contributed by atoms with Crippen molar-refractivity contribution in [2.75, 3.05) is 37.9 Å². The van der Waals surface area contributed by atoms with Gasteiger partial charge in [0.25, 0.3) is 17.7 Å². The highest BCUT2D eigenvalue weighted by Gasteiger charge is 2.30. The number of nitrogens with two attached hydrogens (primary N) is 1. The molecule has 1 unspecified atom stereocenters. The number of anilines is 2. The maximum absolute atomic E-state index is 15.1. The summed E-state index contributed by atoms with van der Waals surface area (Å²) in [5.41, 5.74) is 5.97. The second-order valence-corrected chi connectivity index (χ2v) is 17.7. The number of benzene rings is 1. The number of amides is 7. The lowest BCUT2D eigenvalue weighted by Gasteiger charge is -2.24. The number of unbranched alkanes of at least 4 members (excludes halogenated alkanes) is 2. The molecule has 2 aliphatic rings. The minimum absolute atomic E-state index is 0.0305. The third kappa shape index (κ3) is 14.3. The fraction of sp³-hybridized carbons (Fsp3) is 0.429. The fourth-order valence-corrected chi connectivity index (χ4v) is 8.04. The van der Waals surface area contributed by atoms with Crippen LogP contribution in [0.15, 0.2) is 59.1 Å². The van der Waals surface area contributed by atoms with E-state index in [9.17, 15) is 37.4 Å². The van der Waals surface area contributed by atoms with Gasteiger partial charge in [0, 0.05) is 67.6 Å². The highest BCUT2D eigenvalue weighted by molar-refractivity contribution is 7.92. The number of hydrogen-bond donors (Lipinski definition) is 5. The normalized spacial score (nSPS) is 15.4. The molecule has 6 N–H and O–H groups in total. The molecule has 4 bridgehead atoms. The predicted molar refractivity (Wildman–Crippen MR) is 228 cm³/mol. The molecule has 4 heterocycles. The van der Waals surface area contributed by atoms with E-state index in [-0.39, 0.29) is 92.0 Å². The number of fused-ring (bicyclic) bond motifs is 6. The number of nitrogens with one attached hydrogen (secondary N) is 4. The predicted octanol–water partition coefficient (Wildman–Crippen LogP) is 4.01. The first-order chi connectivity index (χ1) is 30.0. The van der Waals surface area contributed by atoms with Gasteiger partial charge in [-0.05, 0) is 61.4 Å². The molecule has 3 atom stereocenters. The highest BCUT2D eigenvalue weighted by Crippen LogP contribution is 2.34. The average molecular weight is 896 g/mol. The SMILES string of the molecule is CC(C)[C@H](NC(=O)CCCCCN1C(=O)C=CC1=O)C(=O)N[C@@H](CCCNC(N)=O)C(=O)N=S(C)(=O)Cc1cc2nc(c1)OCCCOc1cc(F)ccc1-c1cc(ncc1F)N2. The van der Waals surface area contributed by atoms with Gasteiger partial charge in [0.2, 0.25) is 17.7 Å². The number of nitrogens with zero attached hydrogens (tertiary/aromatic N) is 4. The molecule has 2 aliphatic heterocycles. The summed E-state index contributed by atoms with van der Waals surface area (Å²) in [6, 6.07) is 5.08. The van der Waals surface area contributed by atoms with Gasteiger partial charge in [-0.1, -0.05) is 20.3 Å². The summed E-state index contributed by atoms with van der Waals surface area (Å²) in [7, 11) is -3.37. The van der Waals surface area contributed by atoms with Crippen molar-refractivity contribution in [2.24, 2.45) is 16.0 Å². The van der Waals surface area contributed by atoms with Gasteiger partial charge < -0.3 is 36.5 Å². The minimum atomic E-state index is -3.37. The van der Waals surface area contributed by atoms with Crippen LogP contribution in [0, 0.1) is 17.6 Å². The lowest BCUT2D eigenvalue weighted by molar-refractivity contribution is -0.137. The van der Waals surface area contributed by atoms with Crippen LogP contribution in [0.5, 0.6) is 11.6 Å². The van der Waals surface area contributed by atoms with E-state index in [1.165, 1.54) is 54.8 Å². The molecule has 0 aliphatic carbocycles. The Morgan fingerprint density at radius 2 is 1.70 bits per heavy atom. The first-order valence-corrected chi connectivity index (χ1v) is 22.5. The Bertz CT molecular complexity index is 2350. The van der Waals surface area contributed by atoms with Gasteiger partial charge in [0.1, 0.15) is 41.1 Å². The lowest BCUT2D eigenvalue weighted by atomic mass is 10.0. The van der Waals surface area contributed by atoms with E-state index in [2.05, 4.69) is 35.6 Å². The standard InChI is InChI=1S/C42H51F2N9O9S/c1-25(2)39(51-35(54)10-5-4-6-16-53-37(55)13-14-38(53)56)41(58)48-31(9-7-15-46-42(45)59)40(57)52-63(3,60)24-26-19-34-49-33-22-29(30(44)23-47-33)28-12-11-27(43)21-32(28)61-17-8-18-62-36(20-26)50-34/h11-14,19-23,25,31,39H,4-10,15-18,24H2,1-3H3,(H,48,58)(H,51,54)(H3,45,46,59)(H,47,49,50)/t31-,39-,63?/m0/s1. The Kier molecular flexibility index (Phi) is 16.6. The van der Waals surface area contributed by atoms with Crippen molar-refractivity contribution in [3.8, 4) is 22.8 Å². The molecular weight excluding hydrogens is 845 g/mol. The fourth-order valence-electron chi connectivity index (χ4n) is 6.68. The van der Waals surface area contributed by atoms with Crippen molar-refractivity contribution >= 4 is 56.9 Å². The molecule has 63 heavy (non-hydrogen) atoms. The van der Waals surface area contributed by atoms with Crippen molar-refractivity contribution in [3.05, 3.63) is 71.9 Å². The van der Waals surface area contributed by atoms with Crippen molar-refractivity contribution in [1.29, 1.82) is 0 Å². The van der Waals surface area contributed by atoms with Gasteiger partial charge in [-0.2, -0.15) is 9.35 Å². The zero-order valence-corrected chi connectivity index (χ0v) is 35.9. The molecule has 0 saturated carbocycles. The molecular formula is C42H51F2N9O9S. The number of urea groups is 1. The number of primary amides is 1. The van der Waals surface area contributed by atoms with Gasteiger partial charge >= 0.3 is 6.03 Å². The van der Waals surface area contributed by atoms with Crippen molar-refractivity contribution in [1.82, 2.24) is 30.8 Å². The number of rotatable bonds is 17. The van der Waals surface area contributed by atoms with Crippen molar-refractivity contribution in [2.45, 2.75) is 76.6 Å². The van der Waals surface area contributed by atoms with Crippen LogP contribution in [0.1, 0.15) is 64.4 Å². The summed E-state index contributed by atoms with van der Waals surface area (Å²) in [6.45, 7) is 3.92. The number of carbonyl (C=O) groups is 6. The smallest absolute Gasteiger partial charge is 0.312 e. The third-order valence-corrected chi connectivity index (χ3v) is 11.2. The first kappa shape index (κ1) is 47.5. The van der Waals surface area contributed by atoms with Gasteiger partial charge in [-0.15, -0.1) is 0 Å². The lowest BCUT2D eigenvalue weighted by Crippen LogP contribution is -2.53. The largest absolute Gasteiger partial charge is 0.493 e. The quantitative estimate of drug-likeness (QED) is 0.0952. The highest BCUT2D eigenvalue weighted by atomic mass is 32.2. The van der Waals surface area contributed by atoms with Crippen LogP contribution >= 0.6 is 0 Å². The molecule has 0 saturated heterocycles. The summed E-state index contributed by atoms with van der Waals surface area (Å²) >= 11 is 0. The van der Waals surface area contributed by atoms with Gasteiger partial charge in [0.05, 0.1) is 34.9 Å². The molecule has 0 radical (unpaired) electrons. The molecule has 0 fully saturated rings. The number of imide groups is 1. The second kappa shape index (κ2) is 22.0. The Morgan fingerprint density at radius 1 is 0.952 bits per heavy atom. The number of carbonyl (C=O) groups excluding carboxylic acids is 6. The molecule has 21 heteroatoms. The molecule has 3 aromatic rings. The first-order valence-electron chi connectivity index (χ1n) is 20.4. The van der Waals surface area contributed by atoms with Gasteiger partial charge in [-0.25, -0.2) is 22.8 Å². The summed E-state index contributed by atoms with van der Waals surface area (Å²) in [5, 5.41) is 10.8. The molecule has 0 spiro atoms. The summed E-state index contributed by atoms with van der Waals surface area (Å²) < 4.78 is 59.0. The van der Waals surface area contributed by atoms with Crippen LogP contribution < -0.4 is 36.5 Å². The third-order valence-electron chi connectivity index (χ3n) is 9.76. The molecule has 1 aromatic carbocycles. The summed E-state index contributed by atoms with van der Waals surface area (Å²) in [6.07, 6.45) is 6.70. The monoisotopic (exact) mass is 895 g/mol. The van der Waals surface area contributed by atoms with Crippen LogP contribution in [-0.4, -0.2) is 99.3 Å². The second-order valence-electron chi connectivity index (χ2n) is 15.4. The maximum atomic E-state index is 15.1. The Labute approximate surface area is 363 Å². The number of ether oxygens (including phenoxy) is 2. The summed E-state index contributed by atoms with van der Waals surface area (Å²) in [4.78, 5) is 84.9. The van der Waals surface area contributed by atoms with E-state index in [0.29, 0.717) is 36.8 Å². The summed E-state index contributed by atoms with van der Waals surface area (Å²) in [5.74, 6) is -4.08. The number of hydrogen-bond acceptors (Lipinski definition) is 12. The van der Waals surface area contributed by atoms with Crippen molar-refractivity contribution in [3.63, 3.8) is 0 Å². The van der Waals surface area contributed by atoms with Crippen LogP contribution in [0.4, 0.5) is 25.2 Å². The van der Waals surface area contributed by atoms with E-state index >= 15 is 4.39 Å². The zero-order chi connectivity index (χ0) is 45.7. The van der Waals surface area contributed by atoms with Gasteiger partial charge in [-0.3, -0.25) is 28.9 Å².